The smallest absolute Gasteiger partial charge is 0.267 e. The molecule has 1 aliphatic carbocycles. The molecule has 0 fully saturated rings. The van der Waals surface area contributed by atoms with Crippen molar-refractivity contribution in [3.63, 3.8) is 0 Å². The van der Waals surface area contributed by atoms with Crippen LogP contribution in [0.2, 0.25) is 0 Å². The molecule has 1 aliphatic rings. The van der Waals surface area contributed by atoms with Crippen LogP contribution in [-0.4, -0.2) is 23.5 Å². The SMILES string of the molecule is CC1(C)c2ccccc2-c2cc3c4ccc5ccccc5c4n(-c4nc(=S)n5c6ccccc6c(=O)n(-c6ccccc6)c5n4)c3cc21. The van der Waals surface area contributed by atoms with Crippen molar-refractivity contribution in [3.8, 4) is 22.8 Å². The van der Waals surface area contributed by atoms with Gasteiger partial charge in [-0.05, 0) is 76.3 Å². The molecule has 3 aromatic heterocycles. The third kappa shape index (κ3) is 3.51. The van der Waals surface area contributed by atoms with Crippen LogP contribution in [0.1, 0.15) is 25.0 Å². The van der Waals surface area contributed by atoms with Crippen LogP contribution in [0.25, 0.3) is 72.0 Å². The molecule has 6 aromatic carbocycles. The minimum absolute atomic E-state index is 0.166. The second-order valence-electron chi connectivity index (χ2n) is 13.0. The van der Waals surface area contributed by atoms with Crippen molar-refractivity contribution in [2.45, 2.75) is 19.3 Å². The molecular weight excluding hydrogens is 611 g/mol. The molecule has 7 heteroatoms. The van der Waals surface area contributed by atoms with Crippen molar-refractivity contribution in [2.24, 2.45) is 0 Å². The topological polar surface area (TPSA) is 57.1 Å². The van der Waals surface area contributed by atoms with Gasteiger partial charge >= 0.3 is 0 Å². The third-order valence-corrected chi connectivity index (χ3v) is 10.4. The monoisotopic (exact) mass is 637 g/mol. The molecule has 228 valence electrons. The molecule has 0 radical (unpaired) electrons. The van der Waals surface area contributed by atoms with Crippen LogP contribution < -0.4 is 5.56 Å². The largest absolute Gasteiger partial charge is 0.277 e. The second kappa shape index (κ2) is 9.56. The summed E-state index contributed by atoms with van der Waals surface area (Å²) >= 11 is 6.08. The van der Waals surface area contributed by atoms with Gasteiger partial charge in [-0.1, -0.05) is 105 Å². The first kappa shape index (κ1) is 27.2. The predicted octanol–water partition coefficient (Wildman–Crippen LogP) is 9.32. The molecule has 3 heterocycles. The van der Waals surface area contributed by atoms with Crippen molar-refractivity contribution in [3.05, 3.63) is 154 Å². The second-order valence-corrected chi connectivity index (χ2v) is 13.4. The normalized spacial score (nSPS) is 13.5. The molecule has 48 heavy (non-hydrogen) atoms. The molecule has 6 nitrogen and oxygen atoms in total. The maximum absolute atomic E-state index is 14.2. The van der Waals surface area contributed by atoms with E-state index in [0.29, 0.717) is 33.1 Å². The highest BCUT2D eigenvalue weighted by molar-refractivity contribution is 7.71. The minimum atomic E-state index is -0.195. The summed E-state index contributed by atoms with van der Waals surface area (Å²) in [6, 6.07) is 43.2. The summed E-state index contributed by atoms with van der Waals surface area (Å²) in [6.45, 7) is 4.58. The zero-order valence-corrected chi connectivity index (χ0v) is 27.0. The number of benzene rings is 6. The number of hydrogen-bond donors (Lipinski definition) is 0. The van der Waals surface area contributed by atoms with Crippen LogP contribution in [0.3, 0.4) is 0 Å². The summed E-state index contributed by atoms with van der Waals surface area (Å²) in [6.07, 6.45) is 0. The van der Waals surface area contributed by atoms with Crippen molar-refractivity contribution in [2.75, 3.05) is 0 Å². The van der Waals surface area contributed by atoms with Gasteiger partial charge in [0.05, 0.1) is 27.6 Å². The van der Waals surface area contributed by atoms with E-state index >= 15 is 0 Å². The highest BCUT2D eigenvalue weighted by Gasteiger charge is 2.36. The van der Waals surface area contributed by atoms with Crippen molar-refractivity contribution >= 4 is 61.5 Å². The van der Waals surface area contributed by atoms with Crippen LogP contribution in [0.4, 0.5) is 0 Å². The Balaban J connectivity index is 1.40. The quantitative estimate of drug-likeness (QED) is 0.140. The van der Waals surface area contributed by atoms with Gasteiger partial charge in [-0.3, -0.25) is 13.8 Å². The van der Waals surface area contributed by atoms with Crippen LogP contribution in [0.15, 0.2) is 132 Å². The van der Waals surface area contributed by atoms with Crippen LogP contribution in [0.5, 0.6) is 0 Å². The first-order chi connectivity index (χ1) is 23.4. The van der Waals surface area contributed by atoms with Gasteiger partial charge in [-0.15, -0.1) is 0 Å². The maximum atomic E-state index is 14.2. The zero-order valence-electron chi connectivity index (χ0n) is 26.2. The number of nitrogens with zero attached hydrogens (tertiary/aromatic N) is 5. The molecule has 0 unspecified atom stereocenters. The van der Waals surface area contributed by atoms with Crippen molar-refractivity contribution in [1.82, 2.24) is 23.5 Å². The standard InChI is InChI=1S/C41H27N5OS/c1-41(2)32-18-10-8-16-27(32)30-22-31-28-21-20-24-12-6-7-15-26(24)36(28)45(35(31)23-33(30)41)38-42-39-44(25-13-4-3-5-14-25)37(47)29-17-9-11-19-34(29)46(39)40(48)43-38/h3-23H,1-2H3. The van der Waals surface area contributed by atoms with E-state index in [9.17, 15) is 4.79 Å². The Labute approximate surface area is 279 Å². The molecule has 0 saturated carbocycles. The van der Waals surface area contributed by atoms with Gasteiger partial charge in [-0.25, -0.2) is 4.57 Å². The number of rotatable bonds is 2. The highest BCUT2D eigenvalue weighted by Crippen LogP contribution is 2.51. The summed E-state index contributed by atoms with van der Waals surface area (Å²) in [4.78, 5) is 24.5. The molecule has 0 amide bonds. The van der Waals surface area contributed by atoms with Gasteiger partial charge in [0.1, 0.15) is 0 Å². The van der Waals surface area contributed by atoms with Crippen LogP contribution in [-0.2, 0) is 5.41 Å². The molecule has 0 bridgehead atoms. The lowest BCUT2D eigenvalue weighted by molar-refractivity contribution is 0.661. The highest BCUT2D eigenvalue weighted by atomic mass is 32.1. The number of fused-ring (bicyclic) bond motifs is 11. The first-order valence-electron chi connectivity index (χ1n) is 16.0. The molecule has 10 rings (SSSR count). The summed E-state index contributed by atoms with van der Waals surface area (Å²) in [5, 5.41) is 4.97. The van der Waals surface area contributed by atoms with Crippen LogP contribution in [0, 0.1) is 4.77 Å². The maximum Gasteiger partial charge on any atom is 0.267 e. The molecule has 0 N–H and O–H groups in total. The Morgan fingerprint density at radius 1 is 0.604 bits per heavy atom. The summed E-state index contributed by atoms with van der Waals surface area (Å²) in [5.74, 6) is 0.827. The van der Waals surface area contributed by atoms with E-state index in [-0.39, 0.29) is 11.0 Å². The van der Waals surface area contributed by atoms with E-state index in [2.05, 4.69) is 91.2 Å². The van der Waals surface area contributed by atoms with Gasteiger partial charge in [-0.2, -0.15) is 9.97 Å². The predicted molar refractivity (Wildman–Crippen MR) is 196 cm³/mol. The van der Waals surface area contributed by atoms with Crippen LogP contribution >= 0.6 is 12.2 Å². The van der Waals surface area contributed by atoms with E-state index in [4.69, 9.17) is 22.2 Å². The Morgan fingerprint density at radius 3 is 2.19 bits per heavy atom. The fraction of sp³-hybridized carbons (Fsp3) is 0.0732. The Morgan fingerprint density at radius 2 is 1.33 bits per heavy atom. The average molecular weight is 638 g/mol. The zero-order chi connectivity index (χ0) is 32.3. The number of hydrogen-bond acceptors (Lipinski definition) is 4. The van der Waals surface area contributed by atoms with Gasteiger partial charge in [0.25, 0.3) is 5.56 Å². The Hall–Kier alpha value is -5.92. The van der Waals surface area contributed by atoms with E-state index < -0.39 is 0 Å². The molecule has 0 spiro atoms. The third-order valence-electron chi connectivity index (χ3n) is 10.1. The van der Waals surface area contributed by atoms with E-state index in [1.807, 2.05) is 59.0 Å². The number of aromatic nitrogens is 5. The minimum Gasteiger partial charge on any atom is -0.277 e. The van der Waals surface area contributed by atoms with Gasteiger partial charge < -0.3 is 0 Å². The molecule has 0 saturated heterocycles. The van der Waals surface area contributed by atoms with Gasteiger partial charge in [0.2, 0.25) is 16.5 Å². The van der Waals surface area contributed by atoms with Gasteiger partial charge in [0.15, 0.2) is 0 Å². The van der Waals surface area contributed by atoms with E-state index in [1.165, 1.54) is 22.3 Å². The molecule has 0 aliphatic heterocycles. The Bertz CT molecular complexity index is 2970. The molecular formula is C41H27N5OS. The molecule has 0 atom stereocenters. The first-order valence-corrected chi connectivity index (χ1v) is 16.4. The fourth-order valence-corrected chi connectivity index (χ4v) is 8.16. The van der Waals surface area contributed by atoms with E-state index in [1.54, 1.807) is 4.57 Å². The lowest BCUT2D eigenvalue weighted by Crippen LogP contribution is -2.24. The summed E-state index contributed by atoms with van der Waals surface area (Å²) in [7, 11) is 0. The Kier molecular flexibility index (Phi) is 5.42. The summed E-state index contributed by atoms with van der Waals surface area (Å²) in [5.41, 5.74) is 8.11. The summed E-state index contributed by atoms with van der Waals surface area (Å²) < 4.78 is 5.93. The average Bonchev–Trinajstić information content (AvgIpc) is 3.56. The van der Waals surface area contributed by atoms with Gasteiger partial charge in [0, 0.05) is 21.6 Å². The lowest BCUT2D eigenvalue weighted by atomic mass is 9.82. The number of para-hydroxylation sites is 2. The van der Waals surface area contributed by atoms with E-state index in [0.717, 1.165) is 32.6 Å². The lowest BCUT2D eigenvalue weighted by Gasteiger charge is -2.21. The molecule has 9 aromatic rings. The van der Waals surface area contributed by atoms with Crippen molar-refractivity contribution < 1.29 is 0 Å². The van der Waals surface area contributed by atoms with Crippen molar-refractivity contribution in [1.29, 1.82) is 0 Å². The fourth-order valence-electron chi connectivity index (χ4n) is 7.90.